The summed E-state index contributed by atoms with van der Waals surface area (Å²) in [6.07, 6.45) is 0. The predicted molar refractivity (Wildman–Crippen MR) is 152 cm³/mol. The molecule has 0 atom stereocenters. The van der Waals surface area contributed by atoms with Gasteiger partial charge in [0.05, 0.1) is 131 Å². The van der Waals surface area contributed by atoms with Gasteiger partial charge in [-0.05, 0) is 12.1 Å². The van der Waals surface area contributed by atoms with Crippen molar-refractivity contribution in [1.82, 2.24) is 0 Å². The molecule has 14 heteroatoms. The van der Waals surface area contributed by atoms with Crippen molar-refractivity contribution in [2.45, 2.75) is 0 Å². The molecule has 0 spiro atoms. The number of ether oxygens (including phenoxy) is 11. The number of carboxylic acids is 1. The maximum absolute atomic E-state index is 10.3. The lowest BCUT2D eigenvalue weighted by Gasteiger charge is -2.09. The lowest BCUT2D eigenvalue weighted by atomic mass is 10.3. The molecule has 244 valence electrons. The van der Waals surface area contributed by atoms with E-state index in [-0.39, 0.29) is 13.2 Å². The van der Waals surface area contributed by atoms with Crippen LogP contribution in [0.2, 0.25) is 0 Å². The number of anilines is 1. The molecule has 0 fully saturated rings. The molecule has 0 heterocycles. The summed E-state index contributed by atoms with van der Waals surface area (Å²) in [5, 5.41) is 8.41. The van der Waals surface area contributed by atoms with Gasteiger partial charge in [-0.15, -0.1) is 0 Å². The lowest BCUT2D eigenvalue weighted by Crippen LogP contribution is -2.15. The van der Waals surface area contributed by atoms with Gasteiger partial charge < -0.3 is 62.9 Å². The van der Waals surface area contributed by atoms with E-state index in [2.05, 4.69) is 0 Å². The SMILES string of the molecule is Nc1ccccc1OCCOCCOCCOCCOCCOCCOCCOCCOCCOCCOCC(=O)O. The van der Waals surface area contributed by atoms with Crippen LogP contribution in [0.5, 0.6) is 5.75 Å². The first kappa shape index (κ1) is 37.9. The average molecular weight is 608 g/mol. The Morgan fingerprint density at radius 2 is 0.762 bits per heavy atom. The standard InChI is InChI=1S/C28H49NO13/c29-26-3-1-2-4-27(26)42-24-23-40-20-19-38-16-15-36-12-11-34-8-7-32-5-6-33-9-10-35-13-14-37-17-18-39-21-22-41-25-28(30)31/h1-4H,5-25,29H2,(H,30,31). The Morgan fingerprint density at radius 1 is 0.476 bits per heavy atom. The number of rotatable bonds is 33. The molecule has 0 amide bonds. The fraction of sp³-hybridized carbons (Fsp3) is 0.750. The zero-order valence-electron chi connectivity index (χ0n) is 24.6. The second-order valence-electron chi connectivity index (χ2n) is 8.34. The van der Waals surface area contributed by atoms with E-state index < -0.39 is 5.97 Å². The maximum Gasteiger partial charge on any atom is 0.329 e. The molecule has 0 aliphatic rings. The minimum absolute atomic E-state index is 0.241. The number of carboxylic acid groups (broad SMARTS) is 1. The van der Waals surface area contributed by atoms with Gasteiger partial charge in [0.1, 0.15) is 19.0 Å². The topological polar surface area (TPSA) is 165 Å². The molecule has 0 saturated carbocycles. The van der Waals surface area contributed by atoms with Crippen LogP contribution in [0.4, 0.5) is 5.69 Å². The highest BCUT2D eigenvalue weighted by molar-refractivity contribution is 5.67. The number of nitrogen functional groups attached to an aromatic ring is 1. The van der Waals surface area contributed by atoms with E-state index in [1.54, 1.807) is 6.07 Å². The van der Waals surface area contributed by atoms with E-state index in [1.807, 2.05) is 18.2 Å². The molecule has 42 heavy (non-hydrogen) atoms. The zero-order valence-corrected chi connectivity index (χ0v) is 24.6. The summed E-state index contributed by atoms with van der Waals surface area (Å²) < 4.78 is 59.1. The van der Waals surface area contributed by atoms with E-state index >= 15 is 0 Å². The van der Waals surface area contributed by atoms with Gasteiger partial charge in [0.25, 0.3) is 0 Å². The largest absolute Gasteiger partial charge is 0.489 e. The molecule has 1 rings (SSSR count). The van der Waals surface area contributed by atoms with E-state index in [9.17, 15) is 4.79 Å². The number of carbonyl (C=O) groups is 1. The average Bonchev–Trinajstić information content (AvgIpc) is 2.98. The third-order valence-corrected chi connectivity index (χ3v) is 4.98. The molecule has 0 unspecified atom stereocenters. The van der Waals surface area contributed by atoms with Crippen LogP contribution >= 0.6 is 0 Å². The Balaban J connectivity index is 1.64. The van der Waals surface area contributed by atoms with Gasteiger partial charge in [-0.1, -0.05) is 12.1 Å². The summed E-state index contributed by atoms with van der Waals surface area (Å²) in [6, 6.07) is 7.36. The summed E-state index contributed by atoms with van der Waals surface area (Å²) in [4.78, 5) is 10.3. The second-order valence-corrected chi connectivity index (χ2v) is 8.34. The highest BCUT2D eigenvalue weighted by Gasteiger charge is 1.99. The molecule has 1 aromatic carbocycles. The van der Waals surface area contributed by atoms with Gasteiger partial charge in [0, 0.05) is 0 Å². The highest BCUT2D eigenvalue weighted by Crippen LogP contribution is 2.19. The third kappa shape index (κ3) is 26.8. The summed E-state index contributed by atoms with van der Waals surface area (Å²) in [5.41, 5.74) is 6.42. The maximum atomic E-state index is 10.3. The van der Waals surface area contributed by atoms with Gasteiger partial charge >= 0.3 is 5.97 Å². The quantitative estimate of drug-likeness (QED) is 0.0855. The van der Waals surface area contributed by atoms with E-state index in [1.165, 1.54) is 0 Å². The van der Waals surface area contributed by atoms with Crippen molar-refractivity contribution < 1.29 is 62.0 Å². The normalized spacial score (nSPS) is 11.2. The van der Waals surface area contributed by atoms with Crippen molar-refractivity contribution in [3.8, 4) is 5.75 Å². The zero-order chi connectivity index (χ0) is 30.2. The summed E-state index contributed by atoms with van der Waals surface area (Å²) in [6.45, 7) is 8.78. The highest BCUT2D eigenvalue weighted by atomic mass is 16.6. The monoisotopic (exact) mass is 607 g/mol. The van der Waals surface area contributed by atoms with E-state index in [4.69, 9.17) is 62.9 Å². The van der Waals surface area contributed by atoms with E-state index in [0.717, 1.165) is 0 Å². The summed E-state index contributed by atoms with van der Waals surface area (Å²) in [5.74, 6) is -0.334. The molecular weight excluding hydrogens is 558 g/mol. The fourth-order valence-corrected chi connectivity index (χ4v) is 2.96. The molecule has 0 aromatic heterocycles. The van der Waals surface area contributed by atoms with Crippen molar-refractivity contribution >= 4 is 11.7 Å². The first-order valence-corrected chi connectivity index (χ1v) is 14.2. The Morgan fingerprint density at radius 3 is 1.07 bits per heavy atom. The van der Waals surface area contributed by atoms with Crippen LogP contribution in [-0.2, 0) is 52.2 Å². The van der Waals surface area contributed by atoms with Crippen molar-refractivity contribution in [3.63, 3.8) is 0 Å². The third-order valence-electron chi connectivity index (χ3n) is 4.98. The second kappa shape index (κ2) is 30.4. The molecule has 0 aliphatic heterocycles. The molecule has 0 bridgehead atoms. The van der Waals surface area contributed by atoms with Gasteiger partial charge in [-0.25, -0.2) is 4.79 Å². The van der Waals surface area contributed by atoms with Crippen LogP contribution in [0.25, 0.3) is 0 Å². The van der Waals surface area contributed by atoms with Crippen LogP contribution in [0.3, 0.4) is 0 Å². The van der Waals surface area contributed by atoms with Crippen molar-refractivity contribution in [2.75, 3.05) is 144 Å². The van der Waals surface area contributed by atoms with Crippen LogP contribution in [0.1, 0.15) is 0 Å². The fourth-order valence-electron chi connectivity index (χ4n) is 2.96. The molecule has 14 nitrogen and oxygen atoms in total. The Hall–Kier alpha value is -2.11. The number of hydrogen-bond donors (Lipinski definition) is 2. The van der Waals surface area contributed by atoms with Crippen LogP contribution in [-0.4, -0.2) is 150 Å². The number of nitrogens with two attached hydrogens (primary N) is 1. The minimum atomic E-state index is -0.997. The Labute approximate surface area is 248 Å². The van der Waals surface area contributed by atoms with Gasteiger partial charge in [0.15, 0.2) is 0 Å². The van der Waals surface area contributed by atoms with Gasteiger partial charge in [0.2, 0.25) is 0 Å². The predicted octanol–water partition coefficient (Wildman–Crippen LogP) is 0.898. The molecule has 3 N–H and O–H groups in total. The van der Waals surface area contributed by atoms with Crippen molar-refractivity contribution in [2.24, 2.45) is 0 Å². The van der Waals surface area contributed by atoms with Crippen molar-refractivity contribution in [1.29, 1.82) is 0 Å². The first-order valence-electron chi connectivity index (χ1n) is 14.2. The van der Waals surface area contributed by atoms with E-state index in [0.29, 0.717) is 137 Å². The minimum Gasteiger partial charge on any atom is -0.489 e. The Bertz CT molecular complexity index is 729. The molecular formula is C28H49NO13. The lowest BCUT2D eigenvalue weighted by molar-refractivity contribution is -0.142. The van der Waals surface area contributed by atoms with Crippen LogP contribution < -0.4 is 10.5 Å². The van der Waals surface area contributed by atoms with Gasteiger partial charge in [-0.2, -0.15) is 0 Å². The van der Waals surface area contributed by atoms with Crippen molar-refractivity contribution in [3.05, 3.63) is 24.3 Å². The number of aliphatic carboxylic acids is 1. The molecule has 0 saturated heterocycles. The number of benzene rings is 1. The summed E-state index contributed by atoms with van der Waals surface area (Å²) in [7, 11) is 0. The van der Waals surface area contributed by atoms with Crippen LogP contribution in [0.15, 0.2) is 24.3 Å². The first-order chi connectivity index (χ1) is 20.7. The van der Waals surface area contributed by atoms with Crippen LogP contribution in [0, 0.1) is 0 Å². The number of hydrogen-bond acceptors (Lipinski definition) is 13. The smallest absolute Gasteiger partial charge is 0.329 e. The molecule has 0 aliphatic carbocycles. The summed E-state index contributed by atoms with van der Waals surface area (Å²) >= 11 is 0. The molecule has 0 radical (unpaired) electrons. The molecule has 1 aromatic rings. The Kier molecular flexibility index (Phi) is 27.4. The number of para-hydroxylation sites is 2. The van der Waals surface area contributed by atoms with Gasteiger partial charge in [-0.3, -0.25) is 0 Å².